The molecule has 0 aliphatic carbocycles. The first-order valence-electron chi connectivity index (χ1n) is 9.26. The van der Waals surface area contributed by atoms with E-state index in [0.717, 1.165) is 32.1 Å². The number of rotatable bonds is 14. The van der Waals surface area contributed by atoms with Gasteiger partial charge in [0.1, 0.15) is 12.2 Å². The lowest BCUT2D eigenvalue weighted by Crippen LogP contribution is -2.16. The monoisotopic (exact) mass is 326 g/mol. The summed E-state index contributed by atoms with van der Waals surface area (Å²) in [6.07, 6.45) is 15.6. The topological polar surface area (TPSA) is 59.1 Å². The molecule has 4 nitrogen and oxygen atoms in total. The van der Waals surface area contributed by atoms with Gasteiger partial charge in [-0.2, -0.15) is 0 Å². The molecule has 0 aromatic heterocycles. The van der Waals surface area contributed by atoms with Crippen LogP contribution in [0.2, 0.25) is 0 Å². The lowest BCUT2D eigenvalue weighted by Gasteiger charge is -2.05. The molecular weight excluding hydrogens is 292 g/mol. The van der Waals surface area contributed by atoms with Crippen molar-refractivity contribution in [1.82, 2.24) is 0 Å². The minimum Gasteiger partial charge on any atom is -0.469 e. The number of epoxide rings is 1. The van der Waals surface area contributed by atoms with Crippen LogP contribution in [-0.4, -0.2) is 36.5 Å². The fraction of sp³-hybridized carbons (Fsp3) is 0.842. The summed E-state index contributed by atoms with van der Waals surface area (Å²) in [7, 11) is 1.44. The van der Waals surface area contributed by atoms with Crippen molar-refractivity contribution < 1.29 is 19.4 Å². The van der Waals surface area contributed by atoms with E-state index < -0.39 is 0 Å². The Morgan fingerprint density at radius 3 is 2.65 bits per heavy atom. The smallest absolute Gasteiger partial charge is 0.305 e. The first-order valence-corrected chi connectivity index (χ1v) is 9.26. The molecule has 134 valence electrons. The van der Waals surface area contributed by atoms with Crippen LogP contribution >= 0.6 is 0 Å². The summed E-state index contributed by atoms with van der Waals surface area (Å²) in [5, 5.41) is 9.97. The first kappa shape index (κ1) is 20.2. The van der Waals surface area contributed by atoms with Gasteiger partial charge in [-0.1, -0.05) is 57.6 Å². The second kappa shape index (κ2) is 12.5. The lowest BCUT2D eigenvalue weighted by molar-refractivity contribution is -0.140. The van der Waals surface area contributed by atoms with Gasteiger partial charge >= 0.3 is 5.97 Å². The van der Waals surface area contributed by atoms with Crippen LogP contribution < -0.4 is 0 Å². The SMILES string of the molecule is CCCCCC(O)C1OC1C=CCCCCCCCC(=O)OC. The molecule has 23 heavy (non-hydrogen) atoms. The zero-order valence-electron chi connectivity index (χ0n) is 14.8. The number of unbranched alkanes of at least 4 members (excludes halogenated alkanes) is 7. The highest BCUT2D eigenvalue weighted by Gasteiger charge is 2.41. The predicted molar refractivity (Wildman–Crippen MR) is 92.3 cm³/mol. The predicted octanol–water partition coefficient (Wildman–Crippen LogP) is 4.15. The molecule has 1 N–H and O–H groups in total. The molecule has 0 aromatic carbocycles. The highest BCUT2D eigenvalue weighted by atomic mass is 16.6. The zero-order valence-corrected chi connectivity index (χ0v) is 14.8. The average Bonchev–Trinajstić information content (AvgIpc) is 3.32. The summed E-state index contributed by atoms with van der Waals surface area (Å²) in [4.78, 5) is 10.9. The van der Waals surface area contributed by atoms with E-state index in [2.05, 4.69) is 23.8 Å². The fourth-order valence-electron chi connectivity index (χ4n) is 2.76. The number of ether oxygens (including phenoxy) is 2. The molecule has 0 radical (unpaired) electrons. The average molecular weight is 326 g/mol. The third-order valence-corrected chi connectivity index (χ3v) is 4.35. The molecule has 0 saturated carbocycles. The standard InChI is InChI=1S/C19H34O4/c1-3-4-10-13-16(20)19-17(23-19)14-11-8-6-5-7-9-12-15-18(21)22-2/h11,14,16-17,19-20H,3-10,12-13,15H2,1-2H3. The van der Waals surface area contributed by atoms with Crippen LogP contribution in [0.5, 0.6) is 0 Å². The van der Waals surface area contributed by atoms with Crippen LogP contribution in [0.1, 0.15) is 77.6 Å². The van der Waals surface area contributed by atoms with Crippen molar-refractivity contribution in [3.05, 3.63) is 12.2 Å². The number of hydrogen-bond acceptors (Lipinski definition) is 4. The van der Waals surface area contributed by atoms with Gasteiger partial charge < -0.3 is 14.6 Å². The molecule has 1 fully saturated rings. The minimum atomic E-state index is -0.300. The van der Waals surface area contributed by atoms with Crippen LogP contribution in [0.3, 0.4) is 0 Å². The summed E-state index contributed by atoms with van der Waals surface area (Å²) in [6.45, 7) is 2.17. The number of carbonyl (C=O) groups is 1. The van der Waals surface area contributed by atoms with Gasteiger partial charge in [-0.25, -0.2) is 0 Å². The van der Waals surface area contributed by atoms with E-state index >= 15 is 0 Å². The van der Waals surface area contributed by atoms with Crippen molar-refractivity contribution in [2.45, 2.75) is 95.9 Å². The second-order valence-electron chi connectivity index (χ2n) is 6.44. The molecule has 0 aromatic rings. The summed E-state index contributed by atoms with van der Waals surface area (Å²) in [5.74, 6) is -0.108. The Kier molecular flexibility index (Phi) is 11.0. The Balaban J connectivity index is 1.91. The Morgan fingerprint density at radius 2 is 1.91 bits per heavy atom. The van der Waals surface area contributed by atoms with Gasteiger partial charge in [-0.3, -0.25) is 4.79 Å². The number of carbonyl (C=O) groups excluding carboxylic acids is 1. The van der Waals surface area contributed by atoms with E-state index in [9.17, 15) is 9.90 Å². The molecule has 3 atom stereocenters. The highest BCUT2D eigenvalue weighted by Crippen LogP contribution is 2.29. The van der Waals surface area contributed by atoms with Gasteiger partial charge in [0.05, 0.1) is 13.2 Å². The van der Waals surface area contributed by atoms with Crippen molar-refractivity contribution >= 4 is 5.97 Å². The Bertz CT molecular complexity index is 340. The van der Waals surface area contributed by atoms with Gasteiger partial charge in [0.2, 0.25) is 0 Å². The number of methoxy groups -OCH3 is 1. The van der Waals surface area contributed by atoms with Crippen LogP contribution in [0.4, 0.5) is 0 Å². The lowest BCUT2D eigenvalue weighted by atomic mass is 10.1. The third-order valence-electron chi connectivity index (χ3n) is 4.35. The van der Waals surface area contributed by atoms with Crippen molar-refractivity contribution in [3.8, 4) is 0 Å². The zero-order chi connectivity index (χ0) is 16.9. The highest BCUT2D eigenvalue weighted by molar-refractivity contribution is 5.68. The fourth-order valence-corrected chi connectivity index (χ4v) is 2.76. The van der Waals surface area contributed by atoms with E-state index in [0.29, 0.717) is 6.42 Å². The maximum atomic E-state index is 10.9. The molecule has 1 aliphatic rings. The molecule has 3 unspecified atom stereocenters. The third kappa shape index (κ3) is 9.77. The summed E-state index contributed by atoms with van der Waals surface area (Å²) in [6, 6.07) is 0. The molecule has 4 heteroatoms. The molecule has 1 rings (SSSR count). The molecule has 0 bridgehead atoms. The number of esters is 1. The molecule has 0 spiro atoms. The quantitative estimate of drug-likeness (QED) is 0.225. The maximum Gasteiger partial charge on any atom is 0.305 e. The Hall–Kier alpha value is -0.870. The van der Waals surface area contributed by atoms with Crippen molar-refractivity contribution in [1.29, 1.82) is 0 Å². The van der Waals surface area contributed by atoms with Crippen molar-refractivity contribution in [2.75, 3.05) is 7.11 Å². The number of hydrogen-bond donors (Lipinski definition) is 1. The van der Waals surface area contributed by atoms with Crippen LogP contribution in [-0.2, 0) is 14.3 Å². The molecule has 0 amide bonds. The van der Waals surface area contributed by atoms with Crippen molar-refractivity contribution in [3.63, 3.8) is 0 Å². The van der Waals surface area contributed by atoms with E-state index in [1.54, 1.807) is 0 Å². The van der Waals surface area contributed by atoms with E-state index in [1.807, 2.05) is 0 Å². The molecule has 1 saturated heterocycles. The molecule has 1 heterocycles. The van der Waals surface area contributed by atoms with Gasteiger partial charge in [0.15, 0.2) is 0 Å². The van der Waals surface area contributed by atoms with Crippen LogP contribution in [0, 0.1) is 0 Å². The molecular formula is C19H34O4. The maximum absolute atomic E-state index is 10.9. The number of aliphatic hydroxyl groups is 1. The number of aliphatic hydroxyl groups excluding tert-OH is 1. The Morgan fingerprint density at radius 1 is 1.17 bits per heavy atom. The van der Waals surface area contributed by atoms with E-state index in [4.69, 9.17) is 4.74 Å². The first-order chi connectivity index (χ1) is 11.2. The molecule has 1 aliphatic heterocycles. The van der Waals surface area contributed by atoms with Gasteiger partial charge in [0, 0.05) is 6.42 Å². The second-order valence-corrected chi connectivity index (χ2v) is 6.44. The summed E-state index contributed by atoms with van der Waals surface area (Å²) in [5.41, 5.74) is 0. The Labute approximate surface area is 141 Å². The van der Waals surface area contributed by atoms with Crippen LogP contribution in [0.15, 0.2) is 12.2 Å². The van der Waals surface area contributed by atoms with Gasteiger partial charge in [-0.05, 0) is 25.7 Å². The van der Waals surface area contributed by atoms with Gasteiger partial charge in [0.25, 0.3) is 0 Å². The largest absolute Gasteiger partial charge is 0.469 e. The van der Waals surface area contributed by atoms with Gasteiger partial charge in [-0.15, -0.1) is 0 Å². The van der Waals surface area contributed by atoms with E-state index in [-0.39, 0.29) is 24.3 Å². The van der Waals surface area contributed by atoms with Crippen molar-refractivity contribution in [2.24, 2.45) is 0 Å². The van der Waals surface area contributed by atoms with Crippen LogP contribution in [0.25, 0.3) is 0 Å². The normalized spacial score (nSPS) is 21.5. The minimum absolute atomic E-state index is 0.0291. The summed E-state index contributed by atoms with van der Waals surface area (Å²) >= 11 is 0. The number of allylic oxidation sites excluding steroid dienone is 1. The summed E-state index contributed by atoms with van der Waals surface area (Å²) < 4.78 is 10.1. The van der Waals surface area contributed by atoms with E-state index in [1.165, 1.54) is 39.2 Å².